The molecular weight excluding hydrogens is 278 g/mol. The lowest BCUT2D eigenvalue weighted by Gasteiger charge is -2.04. The molecule has 7 nitrogen and oxygen atoms in total. The number of imidazole rings is 1. The normalized spacial score (nSPS) is 11.9. The number of hydrogen-bond donors (Lipinski definition) is 2. The Bertz CT molecular complexity index is 687. The van der Waals surface area contributed by atoms with Crippen LogP contribution < -0.4 is 4.72 Å². The Balaban J connectivity index is 2.12. The fraction of sp³-hybridized carbons (Fsp3) is 0.500. The van der Waals surface area contributed by atoms with Crippen LogP contribution in [0, 0.1) is 0 Å². The molecule has 0 aromatic carbocycles. The molecule has 2 N–H and O–H groups in total. The summed E-state index contributed by atoms with van der Waals surface area (Å²) in [5.74, 6) is 0.654. The van der Waals surface area contributed by atoms with Gasteiger partial charge in [-0.3, -0.25) is 4.68 Å². The van der Waals surface area contributed by atoms with E-state index in [1.807, 2.05) is 27.1 Å². The zero-order valence-corrected chi connectivity index (χ0v) is 12.7. The molecule has 0 radical (unpaired) electrons. The number of hydrogen-bond acceptors (Lipinski definition) is 4. The molecule has 0 aliphatic rings. The quantitative estimate of drug-likeness (QED) is 0.822. The number of nitrogens with one attached hydrogen (secondary N) is 2. The average molecular weight is 297 g/mol. The lowest BCUT2D eigenvalue weighted by Crippen LogP contribution is -2.24. The van der Waals surface area contributed by atoms with E-state index in [0.717, 1.165) is 17.7 Å². The summed E-state index contributed by atoms with van der Waals surface area (Å²) in [6, 6.07) is 0. The molecule has 110 valence electrons. The lowest BCUT2D eigenvalue weighted by molar-refractivity contribution is 0.577. The summed E-state index contributed by atoms with van der Waals surface area (Å²) >= 11 is 0. The fourth-order valence-corrected chi connectivity index (χ4v) is 2.88. The van der Waals surface area contributed by atoms with Crippen LogP contribution in [0.3, 0.4) is 0 Å². The first-order chi connectivity index (χ1) is 9.46. The first-order valence-corrected chi connectivity index (χ1v) is 7.99. The van der Waals surface area contributed by atoms with E-state index in [4.69, 9.17) is 0 Å². The Morgan fingerprint density at radius 3 is 2.70 bits per heavy atom. The van der Waals surface area contributed by atoms with E-state index in [9.17, 15) is 8.42 Å². The molecule has 0 saturated carbocycles. The summed E-state index contributed by atoms with van der Waals surface area (Å²) in [6.07, 6.45) is 4.59. The Hall–Kier alpha value is -1.67. The molecule has 2 heterocycles. The smallest absolute Gasteiger partial charge is 0.257 e. The number of H-pyrrole nitrogens is 1. The van der Waals surface area contributed by atoms with Gasteiger partial charge in [-0.2, -0.15) is 5.10 Å². The molecule has 0 unspecified atom stereocenters. The van der Waals surface area contributed by atoms with Crippen LogP contribution in [0.2, 0.25) is 0 Å². The monoisotopic (exact) mass is 297 g/mol. The predicted molar refractivity (Wildman–Crippen MR) is 74.6 cm³/mol. The highest BCUT2D eigenvalue weighted by Crippen LogP contribution is 2.10. The van der Waals surface area contributed by atoms with Crippen LogP contribution in [0.4, 0.5) is 0 Å². The summed E-state index contributed by atoms with van der Waals surface area (Å²) in [5.41, 5.74) is 1.78. The van der Waals surface area contributed by atoms with Crippen molar-refractivity contribution < 1.29 is 8.42 Å². The fourth-order valence-electron chi connectivity index (χ4n) is 1.94. The predicted octanol–water partition coefficient (Wildman–Crippen LogP) is 0.746. The van der Waals surface area contributed by atoms with Crippen LogP contribution in [0.15, 0.2) is 17.4 Å². The second-order valence-electron chi connectivity index (χ2n) is 4.50. The molecular formula is C12H19N5O2S. The largest absolute Gasteiger partial charge is 0.332 e. The molecule has 0 fully saturated rings. The van der Waals surface area contributed by atoms with Crippen molar-refractivity contribution in [3.05, 3.63) is 29.5 Å². The molecule has 2 rings (SSSR count). The maximum absolute atomic E-state index is 12.1. The minimum atomic E-state index is -3.57. The molecule has 0 amide bonds. The van der Waals surface area contributed by atoms with Crippen LogP contribution >= 0.6 is 0 Å². The van der Waals surface area contributed by atoms with Gasteiger partial charge in [0, 0.05) is 31.8 Å². The molecule has 0 spiro atoms. The van der Waals surface area contributed by atoms with Gasteiger partial charge in [0.15, 0.2) is 5.03 Å². The highest BCUT2D eigenvalue weighted by atomic mass is 32.2. The van der Waals surface area contributed by atoms with Gasteiger partial charge in [-0.15, -0.1) is 0 Å². The van der Waals surface area contributed by atoms with E-state index in [1.54, 1.807) is 4.68 Å². The average Bonchev–Trinajstić information content (AvgIpc) is 3.02. The van der Waals surface area contributed by atoms with E-state index >= 15 is 0 Å². The molecule has 0 aliphatic heterocycles. The van der Waals surface area contributed by atoms with E-state index in [1.165, 1.54) is 6.20 Å². The highest BCUT2D eigenvalue weighted by Gasteiger charge is 2.17. The molecule has 2 aromatic rings. The van der Waals surface area contributed by atoms with Crippen molar-refractivity contribution in [1.82, 2.24) is 24.5 Å². The topological polar surface area (TPSA) is 92.7 Å². The van der Waals surface area contributed by atoms with Crippen molar-refractivity contribution in [3.63, 3.8) is 0 Å². The minimum absolute atomic E-state index is 0.0938. The van der Waals surface area contributed by atoms with Crippen molar-refractivity contribution in [3.8, 4) is 0 Å². The summed E-state index contributed by atoms with van der Waals surface area (Å²) in [4.78, 5) is 6.79. The van der Waals surface area contributed by atoms with E-state index in [0.29, 0.717) is 12.2 Å². The summed E-state index contributed by atoms with van der Waals surface area (Å²) < 4.78 is 28.5. The van der Waals surface area contributed by atoms with Gasteiger partial charge in [-0.25, -0.2) is 18.1 Å². The van der Waals surface area contributed by atoms with Crippen LogP contribution in [0.25, 0.3) is 0 Å². The third-order valence-electron chi connectivity index (χ3n) is 3.01. The molecule has 0 bridgehead atoms. The standard InChI is InChI=1S/C12H19N5O2S/c1-4-10-9(8-17(3)16-10)6-14-20(18,19)12-7-13-11(5-2)15-12/h7-8,14H,4-6H2,1-3H3,(H,13,15). The zero-order valence-electron chi connectivity index (χ0n) is 11.8. The maximum atomic E-state index is 12.1. The number of sulfonamides is 1. The number of aromatic amines is 1. The molecule has 20 heavy (non-hydrogen) atoms. The van der Waals surface area contributed by atoms with Crippen molar-refractivity contribution in [2.45, 2.75) is 38.3 Å². The first-order valence-electron chi connectivity index (χ1n) is 6.51. The summed E-state index contributed by atoms with van der Waals surface area (Å²) in [7, 11) is -1.75. The molecule has 0 saturated heterocycles. The Kier molecular flexibility index (Phi) is 4.24. The lowest BCUT2D eigenvalue weighted by atomic mass is 10.2. The number of rotatable bonds is 6. The van der Waals surface area contributed by atoms with Crippen LogP contribution in [0.5, 0.6) is 0 Å². The third kappa shape index (κ3) is 3.07. The van der Waals surface area contributed by atoms with Gasteiger partial charge in [0.05, 0.1) is 11.9 Å². The Morgan fingerprint density at radius 1 is 1.35 bits per heavy atom. The first kappa shape index (κ1) is 14.7. The minimum Gasteiger partial charge on any atom is -0.332 e. The summed E-state index contributed by atoms with van der Waals surface area (Å²) in [5, 5.41) is 4.38. The van der Waals surface area contributed by atoms with Crippen molar-refractivity contribution in [1.29, 1.82) is 0 Å². The van der Waals surface area contributed by atoms with Crippen molar-refractivity contribution in [2.24, 2.45) is 7.05 Å². The van der Waals surface area contributed by atoms with Crippen LogP contribution in [0.1, 0.15) is 30.9 Å². The number of aryl methyl sites for hydroxylation is 3. The molecule has 0 atom stereocenters. The van der Waals surface area contributed by atoms with Gasteiger partial charge >= 0.3 is 0 Å². The van der Waals surface area contributed by atoms with E-state index in [-0.39, 0.29) is 11.6 Å². The van der Waals surface area contributed by atoms with Gasteiger partial charge in [-0.1, -0.05) is 13.8 Å². The van der Waals surface area contributed by atoms with Crippen molar-refractivity contribution in [2.75, 3.05) is 0 Å². The highest BCUT2D eigenvalue weighted by molar-refractivity contribution is 7.89. The van der Waals surface area contributed by atoms with Gasteiger partial charge < -0.3 is 4.98 Å². The van der Waals surface area contributed by atoms with Gasteiger partial charge in [0.1, 0.15) is 5.82 Å². The van der Waals surface area contributed by atoms with Crippen molar-refractivity contribution >= 4 is 10.0 Å². The summed E-state index contributed by atoms with van der Waals surface area (Å²) in [6.45, 7) is 4.12. The molecule has 2 aromatic heterocycles. The second-order valence-corrected chi connectivity index (χ2v) is 6.24. The number of aromatic nitrogens is 4. The molecule has 8 heteroatoms. The SMILES string of the molecule is CCc1ncc(S(=O)(=O)NCc2cn(C)nc2CC)[nH]1. The van der Waals surface area contributed by atoms with E-state index in [2.05, 4.69) is 19.8 Å². The molecule has 0 aliphatic carbocycles. The van der Waals surface area contributed by atoms with Gasteiger partial charge in [0.2, 0.25) is 0 Å². The van der Waals surface area contributed by atoms with Crippen LogP contribution in [-0.2, 0) is 36.5 Å². The maximum Gasteiger partial charge on any atom is 0.257 e. The third-order valence-corrected chi connectivity index (χ3v) is 4.32. The number of nitrogens with zero attached hydrogens (tertiary/aromatic N) is 3. The Labute approximate surface area is 118 Å². The van der Waals surface area contributed by atoms with Crippen LogP contribution in [-0.4, -0.2) is 28.2 Å². The van der Waals surface area contributed by atoms with Gasteiger partial charge in [-0.05, 0) is 6.42 Å². The van der Waals surface area contributed by atoms with E-state index < -0.39 is 10.0 Å². The van der Waals surface area contributed by atoms with Gasteiger partial charge in [0.25, 0.3) is 10.0 Å². The Morgan fingerprint density at radius 2 is 2.10 bits per heavy atom. The second kappa shape index (κ2) is 5.76. The zero-order chi connectivity index (χ0) is 14.8.